The van der Waals surface area contributed by atoms with Crippen LogP contribution in [0.25, 0.3) is 17.2 Å². The molecule has 11 heteroatoms. The van der Waals surface area contributed by atoms with Crippen molar-refractivity contribution in [1.29, 1.82) is 0 Å². The summed E-state index contributed by atoms with van der Waals surface area (Å²) in [5, 5.41) is 22.0. The molecule has 0 aliphatic carbocycles. The largest absolute Gasteiger partial charge is 0.488 e. The van der Waals surface area contributed by atoms with Crippen LogP contribution in [0.1, 0.15) is 15.9 Å². The number of nitrogens with one attached hydrogen (secondary N) is 1. The zero-order chi connectivity index (χ0) is 22.8. The van der Waals surface area contributed by atoms with Crippen LogP contribution in [0, 0.1) is 0 Å². The molecule has 10 nitrogen and oxygen atoms in total. The van der Waals surface area contributed by atoms with Crippen molar-refractivity contribution in [2.45, 2.75) is 6.54 Å². The first-order valence-electron chi connectivity index (χ1n) is 9.85. The summed E-state index contributed by atoms with van der Waals surface area (Å²) in [7, 11) is 2.22. The Kier molecular flexibility index (Phi) is 5.76. The fraction of sp³-hybridized carbons (Fsp3) is 0.143. The number of nitrogens with two attached hydrogens (primary N) is 1. The lowest BCUT2D eigenvalue weighted by Gasteiger charge is -2.15. The van der Waals surface area contributed by atoms with Gasteiger partial charge < -0.3 is 26.0 Å². The lowest BCUT2D eigenvalue weighted by Crippen LogP contribution is -2.30. The molecule has 0 unspecified atom stereocenters. The average molecular weight is 431 g/mol. The molecule has 5 N–H and O–H groups in total. The molecule has 0 atom stereocenters. The topological polar surface area (TPSA) is 142 Å². The van der Waals surface area contributed by atoms with Gasteiger partial charge in [0.25, 0.3) is 5.91 Å². The van der Waals surface area contributed by atoms with Crippen LogP contribution in [0.2, 0.25) is 0 Å². The normalized spacial score (nSPS) is 10.9. The summed E-state index contributed by atoms with van der Waals surface area (Å²) in [6, 6.07) is 12.2. The van der Waals surface area contributed by atoms with Crippen molar-refractivity contribution in [1.82, 2.24) is 19.4 Å². The summed E-state index contributed by atoms with van der Waals surface area (Å²) in [6.45, 7) is 0.415. The molecule has 3 heterocycles. The van der Waals surface area contributed by atoms with Gasteiger partial charge in [0.15, 0.2) is 11.6 Å². The van der Waals surface area contributed by atoms with Crippen LogP contribution in [-0.4, -0.2) is 56.5 Å². The van der Waals surface area contributed by atoms with E-state index in [4.69, 9.17) is 5.73 Å². The highest BCUT2D eigenvalue weighted by Crippen LogP contribution is 2.23. The molecule has 0 radical (unpaired) electrons. The van der Waals surface area contributed by atoms with Gasteiger partial charge in [0.1, 0.15) is 11.6 Å². The SMILES string of the molecule is CN(C)c1cc(NCc2cccc(B(O)O)c2)nc(-c2ncc3c(C(N)=O)cccn23)n1. The Morgan fingerprint density at radius 2 is 2.00 bits per heavy atom. The number of fused-ring (bicyclic) bond motifs is 1. The lowest BCUT2D eigenvalue weighted by molar-refractivity contribution is 0.100. The lowest BCUT2D eigenvalue weighted by atomic mass is 9.80. The van der Waals surface area contributed by atoms with E-state index in [9.17, 15) is 14.8 Å². The molecule has 4 aromatic rings. The third-order valence-electron chi connectivity index (χ3n) is 4.93. The van der Waals surface area contributed by atoms with Gasteiger partial charge in [-0.1, -0.05) is 24.3 Å². The summed E-state index contributed by atoms with van der Waals surface area (Å²) in [6.07, 6.45) is 3.34. The van der Waals surface area contributed by atoms with Gasteiger partial charge in [0, 0.05) is 32.9 Å². The van der Waals surface area contributed by atoms with Gasteiger partial charge in [-0.2, -0.15) is 0 Å². The highest BCUT2D eigenvalue weighted by atomic mass is 16.4. The molecule has 0 aliphatic rings. The predicted molar refractivity (Wildman–Crippen MR) is 123 cm³/mol. The van der Waals surface area contributed by atoms with Crippen LogP contribution in [0.3, 0.4) is 0 Å². The van der Waals surface area contributed by atoms with Gasteiger partial charge >= 0.3 is 7.12 Å². The monoisotopic (exact) mass is 431 g/mol. The number of carbonyl (C=O) groups is 1. The van der Waals surface area contributed by atoms with Crippen LogP contribution in [0.15, 0.2) is 54.9 Å². The van der Waals surface area contributed by atoms with E-state index in [0.29, 0.717) is 46.4 Å². The molecular weight excluding hydrogens is 409 g/mol. The van der Waals surface area contributed by atoms with Gasteiger partial charge in [-0.25, -0.2) is 15.0 Å². The number of carbonyl (C=O) groups excluding carboxylic acids is 1. The number of amides is 1. The number of imidazole rings is 1. The van der Waals surface area contributed by atoms with Gasteiger partial charge in [0.05, 0.1) is 17.3 Å². The molecule has 1 amide bonds. The van der Waals surface area contributed by atoms with Gasteiger partial charge in [0.2, 0.25) is 0 Å². The number of primary amides is 1. The minimum Gasteiger partial charge on any atom is -0.423 e. The van der Waals surface area contributed by atoms with E-state index in [1.807, 2.05) is 25.1 Å². The van der Waals surface area contributed by atoms with E-state index in [0.717, 1.165) is 5.56 Å². The Morgan fingerprint density at radius 3 is 2.72 bits per heavy atom. The molecule has 1 aromatic carbocycles. The summed E-state index contributed by atoms with van der Waals surface area (Å²) in [4.78, 5) is 27.2. The zero-order valence-corrected chi connectivity index (χ0v) is 17.6. The van der Waals surface area contributed by atoms with Crippen molar-refractivity contribution in [2.24, 2.45) is 5.73 Å². The second-order valence-electron chi connectivity index (χ2n) is 7.42. The number of rotatable bonds is 7. The van der Waals surface area contributed by atoms with E-state index < -0.39 is 13.0 Å². The van der Waals surface area contributed by atoms with Crippen LogP contribution in [0.5, 0.6) is 0 Å². The van der Waals surface area contributed by atoms with Crippen molar-refractivity contribution < 1.29 is 14.8 Å². The number of anilines is 2. The fourth-order valence-corrected chi connectivity index (χ4v) is 3.31. The molecule has 0 saturated heterocycles. The number of benzene rings is 1. The van der Waals surface area contributed by atoms with Crippen LogP contribution in [-0.2, 0) is 6.54 Å². The molecule has 0 fully saturated rings. The third kappa shape index (κ3) is 4.24. The first-order chi connectivity index (χ1) is 15.3. The highest BCUT2D eigenvalue weighted by molar-refractivity contribution is 6.58. The third-order valence-corrected chi connectivity index (χ3v) is 4.93. The van der Waals surface area contributed by atoms with E-state index in [-0.39, 0.29) is 0 Å². The maximum absolute atomic E-state index is 11.7. The Hall–Kier alpha value is -3.96. The van der Waals surface area contributed by atoms with E-state index in [1.165, 1.54) is 0 Å². The summed E-state index contributed by atoms with van der Waals surface area (Å²) in [5.41, 5.74) is 7.69. The van der Waals surface area contributed by atoms with Crippen molar-refractivity contribution in [3.63, 3.8) is 0 Å². The molecule has 0 saturated carbocycles. The maximum Gasteiger partial charge on any atom is 0.488 e. The second kappa shape index (κ2) is 8.65. The molecule has 162 valence electrons. The average Bonchev–Trinajstić information content (AvgIpc) is 3.21. The van der Waals surface area contributed by atoms with Crippen molar-refractivity contribution >= 4 is 35.6 Å². The highest BCUT2D eigenvalue weighted by Gasteiger charge is 2.16. The summed E-state index contributed by atoms with van der Waals surface area (Å²) < 4.78 is 1.73. The Balaban J connectivity index is 1.70. The van der Waals surface area contributed by atoms with Crippen molar-refractivity contribution in [3.05, 3.63) is 66.0 Å². The molecule has 4 rings (SSSR count). The van der Waals surface area contributed by atoms with E-state index >= 15 is 0 Å². The minimum absolute atomic E-state index is 0.360. The molecule has 32 heavy (non-hydrogen) atoms. The fourth-order valence-electron chi connectivity index (χ4n) is 3.31. The Bertz CT molecular complexity index is 1290. The quantitative estimate of drug-likeness (QED) is 0.305. The molecular formula is C21H22BN7O3. The first-order valence-corrected chi connectivity index (χ1v) is 9.85. The number of hydrogen-bond acceptors (Lipinski definition) is 8. The Morgan fingerprint density at radius 1 is 1.19 bits per heavy atom. The zero-order valence-electron chi connectivity index (χ0n) is 17.6. The van der Waals surface area contributed by atoms with Crippen molar-refractivity contribution in [2.75, 3.05) is 24.3 Å². The second-order valence-corrected chi connectivity index (χ2v) is 7.42. The number of nitrogens with zero attached hydrogens (tertiary/aromatic N) is 5. The number of pyridine rings is 1. The molecule has 3 aromatic heterocycles. The number of hydrogen-bond donors (Lipinski definition) is 4. The van der Waals surface area contributed by atoms with Crippen LogP contribution < -0.4 is 21.4 Å². The summed E-state index contributed by atoms with van der Waals surface area (Å²) in [5.74, 6) is 1.54. The van der Waals surface area contributed by atoms with Gasteiger partial charge in [-0.05, 0) is 23.2 Å². The van der Waals surface area contributed by atoms with Gasteiger partial charge in [-0.15, -0.1) is 0 Å². The number of aromatic nitrogens is 4. The maximum atomic E-state index is 11.7. The van der Waals surface area contributed by atoms with E-state index in [1.54, 1.807) is 53.2 Å². The molecule has 0 spiro atoms. The minimum atomic E-state index is -1.53. The van der Waals surface area contributed by atoms with Crippen LogP contribution >= 0.6 is 0 Å². The van der Waals surface area contributed by atoms with Crippen LogP contribution in [0.4, 0.5) is 11.6 Å². The van der Waals surface area contributed by atoms with Gasteiger partial charge in [-0.3, -0.25) is 9.20 Å². The van der Waals surface area contributed by atoms with Crippen molar-refractivity contribution in [3.8, 4) is 11.6 Å². The standard InChI is InChI=1S/C21H22BN7O3/c1-28(2)18-10-17(24-11-13-5-3-6-14(9-13)22(31)32)26-20(27-18)21-25-12-16-15(19(23)30)7-4-8-29(16)21/h3-10,12,31-32H,11H2,1-2H3,(H2,23,30)(H,24,26,27). The van der Waals surface area contributed by atoms with E-state index in [2.05, 4.69) is 20.3 Å². The first kappa shape index (κ1) is 21.3. The predicted octanol–water partition coefficient (Wildman–Crippen LogP) is 0.248. The molecule has 0 aliphatic heterocycles. The molecule has 0 bridgehead atoms. The Labute approximate surface area is 184 Å². The summed E-state index contributed by atoms with van der Waals surface area (Å²) >= 11 is 0. The smallest absolute Gasteiger partial charge is 0.423 e.